The molecule has 3 rings (SSSR count). The summed E-state index contributed by atoms with van der Waals surface area (Å²) in [5.41, 5.74) is 3.53. The second-order valence-electron chi connectivity index (χ2n) is 10.5. The van der Waals surface area contributed by atoms with Gasteiger partial charge in [-0.3, -0.25) is 13.9 Å². The van der Waals surface area contributed by atoms with E-state index in [2.05, 4.69) is 5.32 Å². The van der Waals surface area contributed by atoms with Gasteiger partial charge in [0, 0.05) is 18.1 Å². The van der Waals surface area contributed by atoms with Crippen LogP contribution in [0.2, 0.25) is 5.02 Å². The van der Waals surface area contributed by atoms with Crippen molar-refractivity contribution in [1.29, 1.82) is 0 Å². The van der Waals surface area contributed by atoms with Crippen molar-refractivity contribution < 1.29 is 18.0 Å². The monoisotopic (exact) mass is 583 g/mol. The van der Waals surface area contributed by atoms with Crippen molar-refractivity contribution in [2.45, 2.75) is 59.0 Å². The smallest absolute Gasteiger partial charge is 0.264 e. The van der Waals surface area contributed by atoms with Gasteiger partial charge in [-0.1, -0.05) is 73.5 Å². The molecule has 1 unspecified atom stereocenters. The van der Waals surface area contributed by atoms with Gasteiger partial charge in [0.15, 0.2) is 0 Å². The number of anilines is 1. The number of halogens is 1. The number of carbonyl (C=O) groups excluding carboxylic acids is 2. The molecule has 40 heavy (non-hydrogen) atoms. The van der Waals surface area contributed by atoms with Crippen LogP contribution in [0.1, 0.15) is 43.0 Å². The lowest BCUT2D eigenvalue weighted by molar-refractivity contribution is -0.139. The normalized spacial score (nSPS) is 12.2. The van der Waals surface area contributed by atoms with Gasteiger partial charge in [0.1, 0.15) is 12.6 Å². The molecule has 0 spiro atoms. The molecule has 0 fully saturated rings. The van der Waals surface area contributed by atoms with Gasteiger partial charge in [-0.2, -0.15) is 0 Å². The molecule has 0 bridgehead atoms. The van der Waals surface area contributed by atoms with E-state index in [1.807, 2.05) is 39.8 Å². The predicted molar refractivity (Wildman–Crippen MR) is 161 cm³/mol. The van der Waals surface area contributed by atoms with Gasteiger partial charge in [-0.05, 0) is 74.6 Å². The van der Waals surface area contributed by atoms with Gasteiger partial charge < -0.3 is 10.2 Å². The molecular formula is C31H38ClN3O4S. The fourth-order valence-corrected chi connectivity index (χ4v) is 5.85. The van der Waals surface area contributed by atoms with E-state index in [9.17, 15) is 18.0 Å². The maximum absolute atomic E-state index is 14.1. The lowest BCUT2D eigenvalue weighted by atomic mass is 10.1. The van der Waals surface area contributed by atoms with Crippen molar-refractivity contribution in [3.05, 3.63) is 94.0 Å². The zero-order chi connectivity index (χ0) is 29.6. The van der Waals surface area contributed by atoms with E-state index in [1.54, 1.807) is 56.3 Å². The average molecular weight is 584 g/mol. The first-order chi connectivity index (χ1) is 18.8. The van der Waals surface area contributed by atoms with Crippen LogP contribution in [0.25, 0.3) is 0 Å². The Morgan fingerprint density at radius 3 is 2.15 bits per heavy atom. The Kier molecular flexibility index (Phi) is 10.4. The third kappa shape index (κ3) is 7.64. The topological polar surface area (TPSA) is 86.8 Å². The Morgan fingerprint density at radius 1 is 0.900 bits per heavy atom. The van der Waals surface area contributed by atoms with Crippen LogP contribution < -0.4 is 9.62 Å². The highest BCUT2D eigenvalue weighted by atomic mass is 35.5. The minimum atomic E-state index is -4.13. The molecule has 7 nitrogen and oxygen atoms in total. The van der Waals surface area contributed by atoms with E-state index >= 15 is 0 Å². The third-order valence-corrected chi connectivity index (χ3v) is 8.81. The molecule has 1 N–H and O–H groups in total. The second-order valence-corrected chi connectivity index (χ2v) is 12.8. The largest absolute Gasteiger partial charge is 0.354 e. The zero-order valence-corrected chi connectivity index (χ0v) is 25.5. The number of hydrogen-bond donors (Lipinski definition) is 1. The molecule has 0 aliphatic carbocycles. The summed E-state index contributed by atoms with van der Waals surface area (Å²) in [6.45, 7) is 11.2. The van der Waals surface area contributed by atoms with Gasteiger partial charge in [0.25, 0.3) is 10.0 Å². The SMILES string of the molecule is Cc1ccc(S(=O)(=O)N(CC(=O)N(Cc2ccccc2Cl)C(C)C(=O)NCC(C)C)c2cc(C)ccc2C)cc1. The van der Waals surface area contributed by atoms with Crippen molar-refractivity contribution in [1.82, 2.24) is 10.2 Å². The van der Waals surface area contributed by atoms with E-state index < -0.39 is 28.5 Å². The Labute approximate surface area is 243 Å². The first-order valence-electron chi connectivity index (χ1n) is 13.3. The van der Waals surface area contributed by atoms with Crippen LogP contribution in [0.15, 0.2) is 71.6 Å². The maximum Gasteiger partial charge on any atom is 0.264 e. The number of amides is 2. The molecule has 0 heterocycles. The highest BCUT2D eigenvalue weighted by Crippen LogP contribution is 2.29. The lowest BCUT2D eigenvalue weighted by Crippen LogP contribution is -2.51. The fourth-order valence-electron chi connectivity index (χ4n) is 4.18. The van der Waals surface area contributed by atoms with Crippen LogP contribution in [0.4, 0.5) is 5.69 Å². The van der Waals surface area contributed by atoms with Gasteiger partial charge in [0.05, 0.1) is 10.6 Å². The van der Waals surface area contributed by atoms with Crippen molar-refractivity contribution >= 4 is 39.1 Å². The summed E-state index contributed by atoms with van der Waals surface area (Å²) in [6.07, 6.45) is 0. The van der Waals surface area contributed by atoms with E-state index in [1.165, 1.54) is 17.0 Å². The van der Waals surface area contributed by atoms with Crippen LogP contribution in [-0.4, -0.2) is 44.3 Å². The summed E-state index contributed by atoms with van der Waals surface area (Å²) in [7, 11) is -4.13. The Bertz CT molecular complexity index is 1460. The van der Waals surface area contributed by atoms with E-state index in [0.717, 1.165) is 15.4 Å². The van der Waals surface area contributed by atoms with Gasteiger partial charge in [0.2, 0.25) is 11.8 Å². The van der Waals surface area contributed by atoms with Crippen molar-refractivity contribution in [2.75, 3.05) is 17.4 Å². The molecule has 0 aliphatic rings. The Hall–Kier alpha value is -3.36. The number of rotatable bonds is 11. The van der Waals surface area contributed by atoms with Crippen LogP contribution in [0, 0.1) is 26.7 Å². The highest BCUT2D eigenvalue weighted by molar-refractivity contribution is 7.92. The van der Waals surface area contributed by atoms with Crippen LogP contribution in [-0.2, 0) is 26.2 Å². The van der Waals surface area contributed by atoms with Crippen molar-refractivity contribution in [3.8, 4) is 0 Å². The summed E-state index contributed by atoms with van der Waals surface area (Å²) in [6, 6.07) is 18.2. The van der Waals surface area contributed by atoms with Gasteiger partial charge in [-0.25, -0.2) is 8.42 Å². The molecule has 2 amide bonds. The molecule has 3 aromatic rings. The number of sulfonamides is 1. The van der Waals surface area contributed by atoms with E-state index in [-0.39, 0.29) is 23.3 Å². The Morgan fingerprint density at radius 2 is 1.52 bits per heavy atom. The summed E-state index contributed by atoms with van der Waals surface area (Å²) >= 11 is 6.42. The summed E-state index contributed by atoms with van der Waals surface area (Å²) in [5, 5.41) is 3.34. The van der Waals surface area contributed by atoms with Gasteiger partial charge in [-0.15, -0.1) is 0 Å². The predicted octanol–water partition coefficient (Wildman–Crippen LogP) is 5.65. The van der Waals surface area contributed by atoms with Crippen LogP contribution in [0.3, 0.4) is 0 Å². The third-order valence-electron chi connectivity index (χ3n) is 6.67. The summed E-state index contributed by atoms with van der Waals surface area (Å²) in [5.74, 6) is -0.624. The first-order valence-corrected chi connectivity index (χ1v) is 15.1. The molecule has 1 atom stereocenters. The molecule has 0 aliphatic heterocycles. The molecular weight excluding hydrogens is 546 g/mol. The number of hydrogen-bond acceptors (Lipinski definition) is 4. The second kappa shape index (κ2) is 13.3. The van der Waals surface area contributed by atoms with E-state index in [4.69, 9.17) is 11.6 Å². The lowest BCUT2D eigenvalue weighted by Gasteiger charge is -2.32. The van der Waals surface area contributed by atoms with E-state index in [0.29, 0.717) is 28.4 Å². The maximum atomic E-state index is 14.1. The van der Waals surface area contributed by atoms with Crippen molar-refractivity contribution in [2.24, 2.45) is 5.92 Å². The molecule has 0 radical (unpaired) electrons. The summed E-state index contributed by atoms with van der Waals surface area (Å²) in [4.78, 5) is 28.6. The number of carbonyl (C=O) groups is 2. The molecule has 3 aromatic carbocycles. The fraction of sp³-hybridized carbons (Fsp3) is 0.355. The standard InChI is InChI=1S/C31H38ClN3O4S/c1-21(2)18-33-31(37)25(6)34(19-26-9-7-8-10-28(26)32)30(36)20-35(29-17-23(4)11-14-24(29)5)40(38,39)27-15-12-22(3)13-16-27/h7-17,21,25H,18-20H2,1-6H3,(H,33,37). The first kappa shape index (κ1) is 31.2. The average Bonchev–Trinajstić information content (AvgIpc) is 2.91. The minimum Gasteiger partial charge on any atom is -0.354 e. The Balaban J connectivity index is 2.07. The quantitative estimate of drug-likeness (QED) is 0.316. The van der Waals surface area contributed by atoms with Crippen LogP contribution in [0.5, 0.6) is 0 Å². The number of benzene rings is 3. The number of aryl methyl sites for hydroxylation is 3. The minimum absolute atomic E-state index is 0.0417. The number of nitrogens with zero attached hydrogens (tertiary/aromatic N) is 2. The highest BCUT2D eigenvalue weighted by Gasteiger charge is 2.33. The van der Waals surface area contributed by atoms with Crippen molar-refractivity contribution in [3.63, 3.8) is 0 Å². The molecule has 0 aromatic heterocycles. The summed E-state index contributed by atoms with van der Waals surface area (Å²) < 4.78 is 29.2. The zero-order valence-electron chi connectivity index (χ0n) is 23.9. The number of nitrogens with one attached hydrogen (secondary N) is 1. The van der Waals surface area contributed by atoms with Gasteiger partial charge >= 0.3 is 0 Å². The van der Waals surface area contributed by atoms with Crippen LogP contribution >= 0.6 is 11.6 Å². The molecule has 9 heteroatoms. The molecule has 214 valence electrons. The molecule has 0 saturated heterocycles. The molecule has 0 saturated carbocycles.